The number of rotatable bonds is 12. The number of thioether (sulfide) groups is 1. The van der Waals surface area contributed by atoms with Crippen LogP contribution < -0.4 is 10.1 Å². The third kappa shape index (κ3) is 7.12. The lowest BCUT2D eigenvalue weighted by atomic mass is 9.99. The van der Waals surface area contributed by atoms with Gasteiger partial charge in [-0.15, -0.1) is 11.8 Å². The molecule has 2 heterocycles. The standard InChI is InChI=1S/C35H29N3O8S/c39-29(21-44-27-14-8-3-9-15-27)36-30-33(40)37-31(35(41)45-20-23-16-18-26(19-17-23)38(42)43)28(22-47-34(30)37)46-32(24-10-4-1-5-11-24)25-12-6-2-7-13-25/h1-19,22,30-32,34H,20-21H2,(H,36,39)/t30-,31-,34-/m1/s1. The number of non-ortho nitro benzene ring substituents is 1. The molecule has 11 nitrogen and oxygen atoms in total. The maximum absolute atomic E-state index is 13.8. The lowest BCUT2D eigenvalue weighted by Gasteiger charge is -2.51. The van der Waals surface area contributed by atoms with Crippen LogP contribution in [0.5, 0.6) is 5.75 Å². The molecule has 1 fully saturated rings. The van der Waals surface area contributed by atoms with Crippen LogP contribution in [0.25, 0.3) is 0 Å². The molecule has 0 saturated carbocycles. The largest absolute Gasteiger partial charge is 0.484 e. The van der Waals surface area contributed by atoms with Crippen molar-refractivity contribution < 1.29 is 33.5 Å². The average molecular weight is 652 g/mol. The van der Waals surface area contributed by atoms with Crippen molar-refractivity contribution >= 4 is 35.2 Å². The first kappa shape index (κ1) is 31.4. The van der Waals surface area contributed by atoms with E-state index in [0.717, 1.165) is 11.1 Å². The van der Waals surface area contributed by atoms with Gasteiger partial charge in [-0.05, 0) is 41.0 Å². The zero-order valence-corrected chi connectivity index (χ0v) is 25.7. The van der Waals surface area contributed by atoms with E-state index in [-0.39, 0.29) is 24.7 Å². The Bertz CT molecular complexity index is 1730. The maximum Gasteiger partial charge on any atom is 0.337 e. The highest BCUT2D eigenvalue weighted by Crippen LogP contribution is 2.43. The van der Waals surface area contributed by atoms with Crippen LogP contribution in [0.1, 0.15) is 22.8 Å². The lowest BCUT2D eigenvalue weighted by molar-refractivity contribution is -0.384. The van der Waals surface area contributed by atoms with Gasteiger partial charge >= 0.3 is 5.97 Å². The Balaban J connectivity index is 1.23. The summed E-state index contributed by atoms with van der Waals surface area (Å²) in [6.07, 6.45) is -0.604. The lowest BCUT2D eigenvalue weighted by Crippen LogP contribution is -2.74. The van der Waals surface area contributed by atoms with Gasteiger partial charge in [0.1, 0.15) is 35.6 Å². The molecule has 0 aliphatic carbocycles. The van der Waals surface area contributed by atoms with E-state index in [9.17, 15) is 24.5 Å². The second kappa shape index (κ2) is 14.2. The fraction of sp³-hybridized carbons (Fsp3) is 0.171. The highest BCUT2D eigenvalue weighted by Gasteiger charge is 2.57. The Kier molecular flexibility index (Phi) is 9.48. The summed E-state index contributed by atoms with van der Waals surface area (Å²) >= 11 is 1.25. The zero-order chi connectivity index (χ0) is 32.8. The Labute approximate surface area is 274 Å². The highest BCUT2D eigenvalue weighted by atomic mass is 32.2. The van der Waals surface area contributed by atoms with E-state index in [2.05, 4.69) is 5.32 Å². The molecular formula is C35H29N3O8S. The number of esters is 1. The molecule has 0 spiro atoms. The third-order valence-electron chi connectivity index (χ3n) is 7.59. The summed E-state index contributed by atoms with van der Waals surface area (Å²) in [6.45, 7) is -0.468. The molecule has 2 aliphatic heterocycles. The summed E-state index contributed by atoms with van der Waals surface area (Å²) in [4.78, 5) is 51.9. The summed E-state index contributed by atoms with van der Waals surface area (Å²) < 4.78 is 17.7. The van der Waals surface area contributed by atoms with Crippen molar-refractivity contribution in [1.29, 1.82) is 0 Å². The van der Waals surface area contributed by atoms with Crippen LogP contribution in [0.4, 0.5) is 5.69 Å². The van der Waals surface area contributed by atoms with Crippen molar-refractivity contribution in [2.45, 2.75) is 30.2 Å². The van der Waals surface area contributed by atoms with E-state index in [1.807, 2.05) is 66.7 Å². The number of β-lactam (4-membered cyclic amide) rings is 1. The van der Waals surface area contributed by atoms with Crippen LogP contribution >= 0.6 is 11.8 Å². The predicted octanol–water partition coefficient (Wildman–Crippen LogP) is 5.13. The summed E-state index contributed by atoms with van der Waals surface area (Å²) in [5.41, 5.74) is 2.11. The topological polar surface area (TPSA) is 137 Å². The number of fused-ring (bicyclic) bond motifs is 1. The fourth-order valence-corrected chi connectivity index (χ4v) is 6.40. The molecule has 6 rings (SSSR count). The van der Waals surface area contributed by atoms with E-state index in [1.54, 1.807) is 29.7 Å². The van der Waals surface area contributed by atoms with E-state index in [4.69, 9.17) is 14.2 Å². The maximum atomic E-state index is 13.8. The molecule has 0 radical (unpaired) electrons. The van der Waals surface area contributed by atoms with E-state index < -0.39 is 46.3 Å². The van der Waals surface area contributed by atoms with E-state index in [0.29, 0.717) is 11.3 Å². The first-order valence-corrected chi connectivity index (χ1v) is 15.6. The summed E-state index contributed by atoms with van der Waals surface area (Å²) in [5.74, 6) is -0.973. The number of para-hydroxylation sites is 1. The van der Waals surface area contributed by atoms with E-state index in [1.165, 1.54) is 40.9 Å². The van der Waals surface area contributed by atoms with Gasteiger partial charge in [-0.2, -0.15) is 0 Å². The summed E-state index contributed by atoms with van der Waals surface area (Å²) in [7, 11) is 0. The number of benzene rings is 4. The summed E-state index contributed by atoms with van der Waals surface area (Å²) in [5, 5.41) is 14.8. The van der Waals surface area contributed by atoms with Crippen LogP contribution in [-0.4, -0.2) is 51.7 Å². The van der Waals surface area contributed by atoms with Crippen molar-refractivity contribution in [3.8, 4) is 5.75 Å². The number of hydrogen-bond acceptors (Lipinski definition) is 9. The fourth-order valence-electron chi connectivity index (χ4n) is 5.25. The first-order valence-electron chi connectivity index (χ1n) is 14.7. The molecule has 0 aromatic heterocycles. The van der Waals surface area contributed by atoms with Crippen molar-refractivity contribution in [3.63, 3.8) is 0 Å². The minimum atomic E-state index is -1.24. The van der Waals surface area contributed by atoms with Crippen LogP contribution in [0, 0.1) is 10.1 Å². The molecule has 0 bridgehead atoms. The molecular weight excluding hydrogens is 622 g/mol. The molecule has 1 saturated heterocycles. The molecule has 1 N–H and O–H groups in total. The second-order valence-corrected chi connectivity index (χ2v) is 11.7. The smallest absolute Gasteiger partial charge is 0.337 e. The normalized spacial score (nSPS) is 18.3. The predicted molar refractivity (Wildman–Crippen MR) is 173 cm³/mol. The number of amides is 2. The Morgan fingerprint density at radius 2 is 1.47 bits per heavy atom. The first-order chi connectivity index (χ1) is 22.9. The molecule has 238 valence electrons. The van der Waals surface area contributed by atoms with E-state index >= 15 is 0 Å². The number of nitro benzene ring substituents is 1. The van der Waals surface area contributed by atoms with Crippen LogP contribution in [0.3, 0.4) is 0 Å². The van der Waals surface area contributed by atoms with Gasteiger partial charge in [0.25, 0.3) is 11.6 Å². The molecule has 0 unspecified atom stereocenters. The molecule has 47 heavy (non-hydrogen) atoms. The van der Waals surface area contributed by atoms with Crippen LogP contribution in [0.2, 0.25) is 0 Å². The van der Waals surface area contributed by atoms with Gasteiger partial charge in [0, 0.05) is 17.5 Å². The van der Waals surface area contributed by atoms with Gasteiger partial charge in [-0.3, -0.25) is 19.7 Å². The highest BCUT2D eigenvalue weighted by molar-refractivity contribution is 8.02. The number of nitrogens with zero attached hydrogens (tertiary/aromatic N) is 2. The minimum absolute atomic E-state index is 0.0906. The van der Waals surface area contributed by atoms with Crippen molar-refractivity contribution in [2.24, 2.45) is 0 Å². The second-order valence-electron chi connectivity index (χ2n) is 10.7. The third-order valence-corrected chi connectivity index (χ3v) is 8.74. The monoisotopic (exact) mass is 651 g/mol. The number of nitrogens with one attached hydrogen (secondary N) is 1. The van der Waals surface area contributed by atoms with Gasteiger partial charge in [-0.25, -0.2) is 4.79 Å². The van der Waals surface area contributed by atoms with Crippen LogP contribution in [0.15, 0.2) is 126 Å². The van der Waals surface area contributed by atoms with Gasteiger partial charge < -0.3 is 24.4 Å². The molecule has 4 aromatic carbocycles. The molecule has 4 aromatic rings. The SMILES string of the molecule is O=C(COc1ccccc1)N[C@@H]1C(=O)N2[C@@H](C(=O)OCc3ccc([N+](=O)[O-])cc3)C(OC(c3ccccc3)c3ccccc3)=CS[C@H]12. The van der Waals surface area contributed by atoms with Gasteiger partial charge in [0.2, 0.25) is 5.91 Å². The average Bonchev–Trinajstić information content (AvgIpc) is 3.12. The summed E-state index contributed by atoms with van der Waals surface area (Å²) in [6, 6.07) is 31.3. The van der Waals surface area contributed by atoms with Gasteiger partial charge in [0.15, 0.2) is 12.6 Å². The molecule has 12 heteroatoms. The van der Waals surface area contributed by atoms with Crippen molar-refractivity contribution in [2.75, 3.05) is 6.61 Å². The van der Waals surface area contributed by atoms with Crippen LogP contribution in [-0.2, 0) is 30.5 Å². The Morgan fingerprint density at radius 3 is 2.06 bits per heavy atom. The number of carbonyl (C=O) groups is 3. The number of carbonyl (C=O) groups excluding carboxylic acids is 3. The number of nitro groups is 1. The number of hydrogen-bond donors (Lipinski definition) is 1. The van der Waals surface area contributed by atoms with Crippen molar-refractivity contribution in [3.05, 3.63) is 153 Å². The Morgan fingerprint density at radius 1 is 0.872 bits per heavy atom. The zero-order valence-electron chi connectivity index (χ0n) is 24.8. The minimum Gasteiger partial charge on any atom is -0.484 e. The van der Waals surface area contributed by atoms with Gasteiger partial charge in [-0.1, -0.05) is 78.9 Å². The van der Waals surface area contributed by atoms with Crippen molar-refractivity contribution in [1.82, 2.24) is 10.2 Å². The van der Waals surface area contributed by atoms with Gasteiger partial charge in [0.05, 0.1) is 4.92 Å². The Hall–Kier alpha value is -5.62. The molecule has 2 aliphatic rings. The molecule has 3 atom stereocenters. The molecule has 2 amide bonds. The quantitative estimate of drug-likeness (QED) is 0.0956. The number of ether oxygens (including phenoxy) is 3.